The first kappa shape index (κ1) is 17.9. The minimum atomic E-state index is -0.581. The number of aliphatic imine (C=N–C) groups is 1. The molecule has 0 bridgehead atoms. The van der Waals surface area contributed by atoms with Crippen molar-refractivity contribution in [1.29, 1.82) is 0 Å². The van der Waals surface area contributed by atoms with E-state index in [0.717, 1.165) is 12.1 Å². The largest absolute Gasteiger partial charge is 0.567 e. The van der Waals surface area contributed by atoms with Crippen molar-refractivity contribution >= 4 is 35.7 Å². The lowest BCUT2D eigenvalue weighted by Gasteiger charge is -2.30. The van der Waals surface area contributed by atoms with Gasteiger partial charge >= 0.3 is 0 Å². The highest BCUT2D eigenvalue weighted by atomic mass is 127. The van der Waals surface area contributed by atoms with Gasteiger partial charge in [0.05, 0.1) is 14.1 Å². The van der Waals surface area contributed by atoms with Crippen LogP contribution in [0.3, 0.4) is 0 Å². The molecule has 1 aromatic rings. The first-order valence-electron chi connectivity index (χ1n) is 5.77. The molecule has 0 saturated carbocycles. The molecule has 0 fully saturated rings. The number of nitrogens with zero attached hydrogens (tertiary/aromatic N) is 2. The van der Waals surface area contributed by atoms with E-state index < -0.39 is 6.08 Å². The van der Waals surface area contributed by atoms with E-state index in [1.54, 1.807) is 6.07 Å². The van der Waals surface area contributed by atoms with E-state index in [0.29, 0.717) is 10.2 Å². The summed E-state index contributed by atoms with van der Waals surface area (Å²) >= 11 is 0. The quantitative estimate of drug-likeness (QED) is 0.266. The van der Waals surface area contributed by atoms with Gasteiger partial charge in [-0.25, -0.2) is 0 Å². The Morgan fingerprint density at radius 1 is 1.47 bits per heavy atom. The zero-order valence-electron chi connectivity index (χ0n) is 11.8. The molecule has 0 aliphatic heterocycles. The molecule has 0 aliphatic carbocycles. The number of benzene rings is 1. The maximum Gasteiger partial charge on any atom is 0.149 e. The average Bonchev–Trinajstić information content (AvgIpc) is 2.28. The lowest BCUT2D eigenvalue weighted by molar-refractivity contribution is -0.240. The summed E-state index contributed by atoms with van der Waals surface area (Å²) in [5.41, 5.74) is 2.24. The lowest BCUT2D eigenvalue weighted by atomic mass is 10.1. The number of ether oxygens (including phenoxy) is 1. The van der Waals surface area contributed by atoms with Gasteiger partial charge in [0.2, 0.25) is 0 Å². The molecule has 0 spiro atoms. The minimum absolute atomic E-state index is 0. The van der Waals surface area contributed by atoms with Crippen LogP contribution in [0.5, 0.6) is 5.75 Å². The second kappa shape index (κ2) is 7.49. The maximum atomic E-state index is 11.1. The molecule has 106 valence electrons. The monoisotopic (exact) mass is 376 g/mol. The first-order chi connectivity index (χ1) is 8.40. The van der Waals surface area contributed by atoms with Crippen LogP contribution in [0.25, 0.3) is 0 Å². The maximum absolute atomic E-state index is 11.1. The van der Waals surface area contributed by atoms with Gasteiger partial charge in [-0.05, 0) is 25.1 Å². The van der Waals surface area contributed by atoms with Crippen LogP contribution in [0, 0.1) is 6.92 Å². The van der Waals surface area contributed by atoms with Crippen molar-refractivity contribution < 1.29 is 9.84 Å². The van der Waals surface area contributed by atoms with Crippen LogP contribution in [-0.2, 0) is 0 Å². The molecule has 0 radical (unpaired) electrons. The van der Waals surface area contributed by atoms with Gasteiger partial charge < -0.3 is 9.84 Å². The summed E-state index contributed by atoms with van der Waals surface area (Å²) < 4.78 is 5.75. The van der Waals surface area contributed by atoms with Crippen LogP contribution in [0.1, 0.15) is 5.56 Å². The van der Waals surface area contributed by atoms with Crippen LogP contribution in [-0.4, -0.2) is 33.8 Å². The van der Waals surface area contributed by atoms with E-state index >= 15 is 0 Å². The fourth-order valence-corrected chi connectivity index (χ4v) is 1.94. The van der Waals surface area contributed by atoms with Gasteiger partial charge in [-0.3, -0.25) is 9.48 Å². The summed E-state index contributed by atoms with van der Waals surface area (Å²) in [5, 5.41) is 11.1. The summed E-state index contributed by atoms with van der Waals surface area (Å²) in [6.45, 7) is 6.61. The molecule has 0 saturated heterocycles. The van der Waals surface area contributed by atoms with Crippen molar-refractivity contribution in [1.82, 2.24) is 4.48 Å². The Morgan fingerprint density at radius 2 is 2.11 bits per heavy atom. The molecular weight excluding hydrogens is 355 g/mol. The summed E-state index contributed by atoms with van der Waals surface area (Å²) in [4.78, 5) is 3.44. The molecule has 0 N–H and O–H groups in total. The molecule has 0 aromatic heterocycles. The fourth-order valence-electron chi connectivity index (χ4n) is 1.94. The number of aryl methyl sites for hydroxylation is 1. The minimum Gasteiger partial charge on any atom is -0.567 e. The number of hydrogen-bond donors (Lipinski definition) is 0. The zero-order chi connectivity index (χ0) is 13.8. The van der Waals surface area contributed by atoms with Gasteiger partial charge in [0, 0.05) is 24.4 Å². The smallest absolute Gasteiger partial charge is 0.149 e. The van der Waals surface area contributed by atoms with E-state index in [1.807, 2.05) is 25.1 Å². The zero-order valence-corrected chi connectivity index (χ0v) is 14.2. The van der Waals surface area contributed by atoms with E-state index in [1.165, 1.54) is 12.7 Å². The van der Waals surface area contributed by atoms with E-state index in [-0.39, 0.29) is 24.0 Å². The van der Waals surface area contributed by atoms with Gasteiger partial charge in [-0.2, -0.15) is 0 Å². The number of hydrogen-bond acceptors (Lipinski definition) is 3. The first-order valence-corrected chi connectivity index (χ1v) is 5.77. The fraction of sp³-hybridized carbons (Fsp3) is 0.357. The van der Waals surface area contributed by atoms with Gasteiger partial charge in [0.1, 0.15) is 18.3 Å². The molecule has 0 amide bonds. The predicted molar refractivity (Wildman–Crippen MR) is 89.3 cm³/mol. The third-order valence-corrected chi connectivity index (χ3v) is 2.79. The average molecular weight is 376 g/mol. The van der Waals surface area contributed by atoms with E-state index in [4.69, 9.17) is 4.74 Å². The van der Waals surface area contributed by atoms with Crippen molar-refractivity contribution in [2.45, 2.75) is 6.92 Å². The number of likely N-dealkylation sites (N-methyl/N-ethyl adjacent to an activating group) is 1. The van der Waals surface area contributed by atoms with Crippen molar-refractivity contribution in [3.63, 3.8) is 0 Å². The van der Waals surface area contributed by atoms with Gasteiger partial charge in [-0.15, -0.1) is 24.0 Å². The Labute approximate surface area is 132 Å². The van der Waals surface area contributed by atoms with Crippen LogP contribution in [0.4, 0.5) is 5.69 Å². The molecule has 0 unspecified atom stereocenters. The van der Waals surface area contributed by atoms with Gasteiger partial charge in [-0.1, -0.05) is 6.58 Å². The number of quaternary nitrogens is 1. The molecule has 4 nitrogen and oxygen atoms in total. The van der Waals surface area contributed by atoms with E-state index in [2.05, 4.69) is 25.7 Å². The van der Waals surface area contributed by atoms with Crippen LogP contribution in [0.2, 0.25) is 0 Å². The van der Waals surface area contributed by atoms with Crippen molar-refractivity contribution in [2.24, 2.45) is 4.99 Å². The normalized spacial score (nSPS) is 11.7. The number of halogens is 1. The van der Waals surface area contributed by atoms with Crippen LogP contribution in [0.15, 0.2) is 35.8 Å². The van der Waals surface area contributed by atoms with Gasteiger partial charge in [0.25, 0.3) is 0 Å². The Balaban J connectivity index is 0.00000324. The molecule has 5 heteroatoms. The Hall–Kier alpha value is -1.08. The van der Waals surface area contributed by atoms with Crippen LogP contribution < -0.4 is 14.3 Å². The SMILES string of the molecule is C=CC[N+](C)(C)c1ccc(OC([O-])=NC)cc1C.I. The molecule has 1 rings (SSSR count). The molecular formula is C14H21IN2O2. The predicted octanol–water partition coefficient (Wildman–Crippen LogP) is 2.09. The molecule has 0 aliphatic rings. The molecule has 0 atom stereocenters. The van der Waals surface area contributed by atoms with Crippen LogP contribution >= 0.6 is 24.0 Å². The summed E-state index contributed by atoms with van der Waals surface area (Å²) in [5.74, 6) is 0.519. The highest BCUT2D eigenvalue weighted by Crippen LogP contribution is 2.27. The Bertz CT molecular complexity index is 471. The van der Waals surface area contributed by atoms with Crippen molar-refractivity contribution in [3.8, 4) is 5.75 Å². The second-order valence-electron chi connectivity index (χ2n) is 4.70. The van der Waals surface area contributed by atoms with Crippen molar-refractivity contribution in [3.05, 3.63) is 36.4 Å². The highest BCUT2D eigenvalue weighted by Gasteiger charge is 2.19. The standard InChI is InChI=1S/C14H20N2O2.HI/c1-6-9-16(4,5)13-8-7-12(10-11(13)2)18-14(17)15-3;/h6-8,10H,1,9H2,2-5H3;1H. The molecule has 19 heavy (non-hydrogen) atoms. The highest BCUT2D eigenvalue weighted by molar-refractivity contribution is 14.0. The summed E-state index contributed by atoms with van der Waals surface area (Å²) in [7, 11) is 5.63. The lowest BCUT2D eigenvalue weighted by Crippen LogP contribution is -2.40. The van der Waals surface area contributed by atoms with Crippen molar-refractivity contribution in [2.75, 3.05) is 27.7 Å². The second-order valence-corrected chi connectivity index (χ2v) is 4.70. The van der Waals surface area contributed by atoms with Gasteiger partial charge in [0.15, 0.2) is 0 Å². The summed E-state index contributed by atoms with van der Waals surface area (Å²) in [6, 6.07) is 5.60. The third kappa shape index (κ3) is 4.83. The number of rotatable bonds is 4. The van der Waals surface area contributed by atoms with E-state index in [9.17, 15) is 5.11 Å². The summed E-state index contributed by atoms with van der Waals surface area (Å²) in [6.07, 6.45) is 1.31. The third-order valence-electron chi connectivity index (χ3n) is 2.79. The topological polar surface area (TPSA) is 44.6 Å². The molecule has 1 aromatic carbocycles. The Kier molecular flexibility index (Phi) is 7.07. The molecule has 0 heterocycles. The Morgan fingerprint density at radius 3 is 2.58 bits per heavy atom.